The SMILES string of the molecule is O=[PH](O)CCc1ccccc1OC(F)(F)F. The van der Waals surface area contributed by atoms with E-state index in [1.165, 1.54) is 18.2 Å². The van der Waals surface area contributed by atoms with Gasteiger partial charge in [0.05, 0.1) is 0 Å². The van der Waals surface area contributed by atoms with Crippen molar-refractivity contribution >= 4 is 8.03 Å². The largest absolute Gasteiger partial charge is 0.573 e. The van der Waals surface area contributed by atoms with Gasteiger partial charge in [-0.15, -0.1) is 13.2 Å². The van der Waals surface area contributed by atoms with Gasteiger partial charge < -0.3 is 9.63 Å². The Labute approximate surface area is 90.7 Å². The fourth-order valence-electron chi connectivity index (χ4n) is 1.18. The molecule has 0 radical (unpaired) electrons. The van der Waals surface area contributed by atoms with E-state index in [2.05, 4.69) is 4.74 Å². The third-order valence-corrected chi connectivity index (χ3v) is 2.48. The van der Waals surface area contributed by atoms with Gasteiger partial charge in [-0.2, -0.15) is 0 Å². The molecule has 1 aromatic carbocycles. The minimum atomic E-state index is -4.75. The lowest BCUT2D eigenvalue weighted by molar-refractivity contribution is -0.274. The Balaban J connectivity index is 2.79. The number of hydrogen-bond donors (Lipinski definition) is 1. The van der Waals surface area contributed by atoms with Gasteiger partial charge in [0.1, 0.15) is 5.75 Å². The zero-order chi connectivity index (χ0) is 12.2. The van der Waals surface area contributed by atoms with E-state index in [1.807, 2.05) is 0 Å². The number of rotatable bonds is 4. The maximum Gasteiger partial charge on any atom is 0.573 e. The van der Waals surface area contributed by atoms with Crippen molar-refractivity contribution in [1.82, 2.24) is 0 Å². The van der Waals surface area contributed by atoms with Crippen molar-refractivity contribution in [3.8, 4) is 5.75 Å². The highest BCUT2D eigenvalue weighted by atomic mass is 31.1. The lowest BCUT2D eigenvalue weighted by Gasteiger charge is -2.12. The molecule has 90 valence electrons. The summed E-state index contributed by atoms with van der Waals surface area (Å²) in [5, 5.41) is 0. The first-order valence-corrected chi connectivity index (χ1v) is 6.00. The molecule has 0 fully saturated rings. The summed E-state index contributed by atoms with van der Waals surface area (Å²) in [6, 6.07) is 5.57. The maximum absolute atomic E-state index is 12.0. The summed E-state index contributed by atoms with van der Waals surface area (Å²) in [5.74, 6) is -0.321. The van der Waals surface area contributed by atoms with E-state index in [0.29, 0.717) is 0 Å². The first-order valence-electron chi connectivity index (χ1n) is 4.44. The molecule has 0 saturated carbocycles. The summed E-state index contributed by atoms with van der Waals surface area (Å²) >= 11 is 0. The summed E-state index contributed by atoms with van der Waals surface area (Å²) in [6.45, 7) is 0. The van der Waals surface area contributed by atoms with Gasteiger partial charge in [-0.3, -0.25) is 4.57 Å². The highest BCUT2D eigenvalue weighted by Gasteiger charge is 2.31. The molecule has 0 aliphatic rings. The second kappa shape index (κ2) is 5.37. The molecular weight excluding hydrogens is 244 g/mol. The van der Waals surface area contributed by atoms with Crippen LogP contribution in [0.1, 0.15) is 5.56 Å². The molecule has 0 heterocycles. The van der Waals surface area contributed by atoms with Crippen molar-refractivity contribution in [3.63, 3.8) is 0 Å². The van der Waals surface area contributed by atoms with E-state index in [0.717, 1.165) is 0 Å². The van der Waals surface area contributed by atoms with Crippen molar-refractivity contribution in [2.75, 3.05) is 6.16 Å². The summed E-state index contributed by atoms with van der Waals surface area (Å²) in [4.78, 5) is 8.62. The Morgan fingerprint density at radius 1 is 1.31 bits per heavy atom. The molecular formula is C9H10F3O3P. The number of ether oxygens (including phenoxy) is 1. The molecule has 0 aromatic heterocycles. The number of aryl methyl sites for hydroxylation is 1. The third-order valence-electron chi connectivity index (χ3n) is 1.81. The Morgan fingerprint density at radius 3 is 2.50 bits per heavy atom. The molecule has 16 heavy (non-hydrogen) atoms. The van der Waals surface area contributed by atoms with Gasteiger partial charge >= 0.3 is 6.36 Å². The smallest absolute Gasteiger partial charge is 0.406 e. The molecule has 0 saturated heterocycles. The van der Waals surface area contributed by atoms with Crippen LogP contribution in [0.15, 0.2) is 24.3 Å². The van der Waals surface area contributed by atoms with Crippen LogP contribution in [0.2, 0.25) is 0 Å². The van der Waals surface area contributed by atoms with Gasteiger partial charge in [0.2, 0.25) is 0 Å². The first kappa shape index (κ1) is 13.1. The second-order valence-corrected chi connectivity index (χ2v) is 4.34. The Hall–Kier alpha value is -1.00. The molecule has 1 atom stereocenters. The predicted octanol–water partition coefficient (Wildman–Crippen LogP) is 2.59. The molecule has 0 amide bonds. The molecule has 7 heteroatoms. The highest BCUT2D eigenvalue weighted by Crippen LogP contribution is 2.28. The average molecular weight is 254 g/mol. The standard InChI is InChI=1S/C9H10F3O3P/c10-9(11,12)15-8-4-2-1-3-7(8)5-6-16(13)14/h1-4,16H,5-6H2,(H,13,14). The number of para-hydroxylation sites is 1. The molecule has 1 aromatic rings. The number of alkyl halides is 3. The summed E-state index contributed by atoms with van der Waals surface area (Å²) in [6.07, 6.45) is -4.72. The zero-order valence-electron chi connectivity index (χ0n) is 8.12. The van der Waals surface area contributed by atoms with Crippen LogP contribution in [0.4, 0.5) is 13.2 Å². The van der Waals surface area contributed by atoms with Crippen molar-refractivity contribution in [3.05, 3.63) is 29.8 Å². The Morgan fingerprint density at radius 2 is 1.94 bits per heavy atom. The van der Waals surface area contributed by atoms with Gasteiger partial charge in [0, 0.05) is 6.16 Å². The van der Waals surface area contributed by atoms with Gasteiger partial charge in [-0.1, -0.05) is 18.2 Å². The highest BCUT2D eigenvalue weighted by molar-refractivity contribution is 7.37. The van der Waals surface area contributed by atoms with E-state index < -0.39 is 14.4 Å². The van der Waals surface area contributed by atoms with Crippen LogP contribution in [0.3, 0.4) is 0 Å². The molecule has 1 rings (SSSR count). The molecule has 0 bridgehead atoms. The number of benzene rings is 1. The number of hydrogen-bond acceptors (Lipinski definition) is 2. The molecule has 3 nitrogen and oxygen atoms in total. The van der Waals surface area contributed by atoms with Gasteiger partial charge in [0.15, 0.2) is 8.03 Å². The van der Waals surface area contributed by atoms with Gasteiger partial charge in [0.25, 0.3) is 0 Å². The lowest BCUT2D eigenvalue weighted by Crippen LogP contribution is -2.18. The van der Waals surface area contributed by atoms with Crippen LogP contribution in [0.5, 0.6) is 5.75 Å². The first-order chi connectivity index (χ1) is 7.38. The van der Waals surface area contributed by atoms with E-state index in [1.54, 1.807) is 6.07 Å². The van der Waals surface area contributed by atoms with Crippen LogP contribution in [0, 0.1) is 0 Å². The molecule has 0 aliphatic heterocycles. The Kier molecular flexibility index (Phi) is 4.38. The van der Waals surface area contributed by atoms with E-state index in [9.17, 15) is 17.7 Å². The summed E-state index contributed by atoms with van der Waals surface area (Å²) in [5.41, 5.74) is 0.271. The fraction of sp³-hybridized carbons (Fsp3) is 0.333. The van der Waals surface area contributed by atoms with E-state index >= 15 is 0 Å². The molecule has 1 unspecified atom stereocenters. The summed E-state index contributed by atoms with van der Waals surface area (Å²) < 4.78 is 50.3. The minimum absolute atomic E-state index is 0.0527. The van der Waals surface area contributed by atoms with Crippen molar-refractivity contribution < 1.29 is 27.4 Å². The van der Waals surface area contributed by atoms with Gasteiger partial charge in [-0.25, -0.2) is 0 Å². The van der Waals surface area contributed by atoms with Crippen LogP contribution >= 0.6 is 8.03 Å². The van der Waals surface area contributed by atoms with Crippen molar-refractivity contribution in [1.29, 1.82) is 0 Å². The van der Waals surface area contributed by atoms with Crippen molar-refractivity contribution in [2.45, 2.75) is 12.8 Å². The molecule has 0 aliphatic carbocycles. The van der Waals surface area contributed by atoms with Crippen LogP contribution in [-0.2, 0) is 11.0 Å². The molecule has 1 N–H and O–H groups in total. The normalized spacial score (nSPS) is 13.5. The zero-order valence-corrected chi connectivity index (χ0v) is 9.12. The lowest BCUT2D eigenvalue weighted by atomic mass is 10.1. The second-order valence-electron chi connectivity index (χ2n) is 3.05. The van der Waals surface area contributed by atoms with E-state index in [4.69, 9.17) is 4.89 Å². The minimum Gasteiger partial charge on any atom is -0.406 e. The van der Waals surface area contributed by atoms with Crippen molar-refractivity contribution in [2.24, 2.45) is 0 Å². The fourth-order valence-corrected chi connectivity index (χ4v) is 1.66. The van der Waals surface area contributed by atoms with E-state index in [-0.39, 0.29) is 23.9 Å². The third kappa shape index (κ3) is 4.68. The van der Waals surface area contributed by atoms with Crippen LogP contribution < -0.4 is 4.74 Å². The monoisotopic (exact) mass is 254 g/mol. The average Bonchev–Trinajstić information content (AvgIpc) is 2.14. The molecule has 0 spiro atoms. The predicted molar refractivity (Wildman–Crippen MR) is 52.9 cm³/mol. The Bertz CT molecular complexity index is 379. The van der Waals surface area contributed by atoms with Gasteiger partial charge in [-0.05, 0) is 18.1 Å². The summed E-state index contributed by atoms with van der Waals surface area (Å²) in [7, 11) is -2.68. The number of halogens is 3. The van der Waals surface area contributed by atoms with Crippen LogP contribution in [-0.4, -0.2) is 17.4 Å². The quantitative estimate of drug-likeness (QED) is 0.840. The topological polar surface area (TPSA) is 46.5 Å². The van der Waals surface area contributed by atoms with Crippen LogP contribution in [0.25, 0.3) is 0 Å². The maximum atomic E-state index is 12.0.